The number of carbonyl (C=O) groups excluding carboxylic acids is 2. The summed E-state index contributed by atoms with van der Waals surface area (Å²) in [6.45, 7) is 7.45. The van der Waals surface area contributed by atoms with Gasteiger partial charge in [0.1, 0.15) is 11.5 Å². The smallest absolute Gasteiger partial charge is 0.272 e. The summed E-state index contributed by atoms with van der Waals surface area (Å²) in [4.78, 5) is 25.6. The van der Waals surface area contributed by atoms with Crippen molar-refractivity contribution in [3.05, 3.63) is 52.1 Å². The summed E-state index contributed by atoms with van der Waals surface area (Å²) in [5.41, 5.74) is 3.26. The maximum Gasteiger partial charge on any atom is 0.272 e. The van der Waals surface area contributed by atoms with Gasteiger partial charge in [-0.25, -0.2) is 4.39 Å². The summed E-state index contributed by atoms with van der Waals surface area (Å²) in [7, 11) is 1.78. The lowest BCUT2D eigenvalue weighted by Crippen LogP contribution is -2.42. The number of hydrogen-bond donors (Lipinski definition) is 2. The standard InChI is InChI=1S/C20H24FN3O2/c1-11-10-13(6-7-15(11)21)22-19(26)17-14-8-9-20(3,4)23-18(25)16(14)12(2)24(17)5/h6-7,10H,8-9H2,1-5H3,(H,22,26)(H,23,25). The minimum absolute atomic E-state index is 0.146. The van der Waals surface area contributed by atoms with Gasteiger partial charge in [0.2, 0.25) is 0 Å². The predicted molar refractivity (Wildman–Crippen MR) is 99.1 cm³/mol. The van der Waals surface area contributed by atoms with Gasteiger partial charge < -0.3 is 15.2 Å². The molecule has 0 radical (unpaired) electrons. The van der Waals surface area contributed by atoms with Crippen LogP contribution in [0.15, 0.2) is 18.2 Å². The van der Waals surface area contributed by atoms with Crippen LogP contribution in [0.1, 0.15) is 57.9 Å². The van der Waals surface area contributed by atoms with Crippen molar-refractivity contribution in [2.24, 2.45) is 7.05 Å². The maximum absolute atomic E-state index is 13.5. The minimum atomic E-state index is -0.323. The van der Waals surface area contributed by atoms with Crippen LogP contribution >= 0.6 is 0 Å². The van der Waals surface area contributed by atoms with Crippen LogP contribution in [0.25, 0.3) is 0 Å². The predicted octanol–water partition coefficient (Wildman–Crippen LogP) is 3.49. The van der Waals surface area contributed by atoms with E-state index in [1.54, 1.807) is 24.6 Å². The molecule has 0 unspecified atom stereocenters. The van der Waals surface area contributed by atoms with Crippen LogP contribution in [-0.2, 0) is 13.5 Å². The summed E-state index contributed by atoms with van der Waals surface area (Å²) in [5.74, 6) is -0.756. The molecule has 3 rings (SSSR count). The molecule has 0 atom stereocenters. The quantitative estimate of drug-likeness (QED) is 0.864. The molecule has 0 saturated heterocycles. The molecule has 2 heterocycles. The monoisotopic (exact) mass is 357 g/mol. The summed E-state index contributed by atoms with van der Waals surface area (Å²) >= 11 is 0. The number of hydrogen-bond acceptors (Lipinski definition) is 2. The van der Waals surface area contributed by atoms with Crippen LogP contribution in [0.4, 0.5) is 10.1 Å². The fourth-order valence-electron chi connectivity index (χ4n) is 3.49. The van der Waals surface area contributed by atoms with Crippen molar-refractivity contribution in [3.63, 3.8) is 0 Å². The summed E-state index contributed by atoms with van der Waals surface area (Å²) in [5, 5.41) is 5.86. The number of aryl methyl sites for hydroxylation is 1. The summed E-state index contributed by atoms with van der Waals surface area (Å²) < 4.78 is 15.2. The minimum Gasteiger partial charge on any atom is -0.347 e. The number of anilines is 1. The third-order valence-electron chi connectivity index (χ3n) is 5.10. The number of nitrogens with one attached hydrogen (secondary N) is 2. The van der Waals surface area contributed by atoms with Crippen LogP contribution < -0.4 is 10.6 Å². The number of amides is 2. The van der Waals surface area contributed by atoms with Crippen molar-refractivity contribution in [2.45, 2.75) is 46.1 Å². The molecule has 2 aromatic rings. The van der Waals surface area contributed by atoms with Crippen molar-refractivity contribution in [2.75, 3.05) is 5.32 Å². The van der Waals surface area contributed by atoms with Crippen molar-refractivity contribution in [1.29, 1.82) is 0 Å². The Morgan fingerprint density at radius 2 is 2.00 bits per heavy atom. The molecular formula is C20H24FN3O2. The van der Waals surface area contributed by atoms with Gasteiger partial charge in [0, 0.05) is 24.0 Å². The van der Waals surface area contributed by atoms with Gasteiger partial charge >= 0.3 is 0 Å². The normalized spacial score (nSPS) is 15.8. The van der Waals surface area contributed by atoms with Gasteiger partial charge in [-0.3, -0.25) is 9.59 Å². The van der Waals surface area contributed by atoms with Crippen LogP contribution in [0.5, 0.6) is 0 Å². The molecular weight excluding hydrogens is 333 g/mol. The highest BCUT2D eigenvalue weighted by Crippen LogP contribution is 2.29. The van der Waals surface area contributed by atoms with Crippen molar-refractivity contribution in [1.82, 2.24) is 9.88 Å². The molecule has 1 aromatic heterocycles. The average Bonchev–Trinajstić information content (AvgIpc) is 2.72. The molecule has 26 heavy (non-hydrogen) atoms. The molecule has 6 heteroatoms. The second-order valence-electron chi connectivity index (χ2n) is 7.60. The highest BCUT2D eigenvalue weighted by Gasteiger charge is 2.34. The maximum atomic E-state index is 13.5. The molecule has 138 valence electrons. The first kappa shape index (κ1) is 18.2. The fourth-order valence-corrected chi connectivity index (χ4v) is 3.49. The van der Waals surface area contributed by atoms with E-state index in [4.69, 9.17) is 0 Å². The number of halogens is 1. The van der Waals surface area contributed by atoms with E-state index in [2.05, 4.69) is 10.6 Å². The van der Waals surface area contributed by atoms with Gasteiger partial charge in [-0.2, -0.15) is 0 Å². The van der Waals surface area contributed by atoms with Gasteiger partial charge in [0.05, 0.1) is 5.56 Å². The van der Waals surface area contributed by atoms with E-state index in [1.165, 1.54) is 12.1 Å². The van der Waals surface area contributed by atoms with E-state index in [9.17, 15) is 14.0 Å². The first-order valence-electron chi connectivity index (χ1n) is 8.69. The Hall–Kier alpha value is -2.63. The summed E-state index contributed by atoms with van der Waals surface area (Å²) in [6.07, 6.45) is 1.37. The van der Waals surface area contributed by atoms with Gasteiger partial charge in [0.15, 0.2) is 0 Å². The molecule has 5 nitrogen and oxygen atoms in total. The number of benzene rings is 1. The van der Waals surface area contributed by atoms with E-state index in [1.807, 2.05) is 20.8 Å². The van der Waals surface area contributed by atoms with E-state index < -0.39 is 0 Å². The third kappa shape index (κ3) is 3.11. The van der Waals surface area contributed by atoms with E-state index >= 15 is 0 Å². The van der Waals surface area contributed by atoms with Crippen molar-refractivity contribution < 1.29 is 14.0 Å². The number of fused-ring (bicyclic) bond motifs is 1. The molecule has 0 spiro atoms. The molecule has 0 fully saturated rings. The van der Waals surface area contributed by atoms with Crippen molar-refractivity contribution >= 4 is 17.5 Å². The Morgan fingerprint density at radius 3 is 2.65 bits per heavy atom. The Balaban J connectivity index is 2.01. The van der Waals surface area contributed by atoms with E-state index in [0.717, 1.165) is 17.7 Å². The van der Waals surface area contributed by atoms with Gasteiger partial charge in [-0.05, 0) is 69.9 Å². The first-order valence-corrected chi connectivity index (χ1v) is 8.69. The Morgan fingerprint density at radius 1 is 1.31 bits per heavy atom. The molecule has 0 saturated carbocycles. The number of nitrogens with zero attached hydrogens (tertiary/aromatic N) is 1. The zero-order valence-electron chi connectivity index (χ0n) is 15.8. The highest BCUT2D eigenvalue weighted by molar-refractivity contribution is 6.08. The van der Waals surface area contributed by atoms with Crippen LogP contribution in [-0.4, -0.2) is 21.9 Å². The Labute approximate surface area is 152 Å². The number of carbonyl (C=O) groups is 2. The average molecular weight is 357 g/mol. The first-order chi connectivity index (χ1) is 12.1. The van der Waals surface area contributed by atoms with E-state index in [0.29, 0.717) is 28.9 Å². The topological polar surface area (TPSA) is 63.1 Å². The zero-order valence-corrected chi connectivity index (χ0v) is 15.8. The van der Waals surface area contributed by atoms with Gasteiger partial charge in [-0.15, -0.1) is 0 Å². The highest BCUT2D eigenvalue weighted by atomic mass is 19.1. The Bertz CT molecular complexity index is 912. The largest absolute Gasteiger partial charge is 0.347 e. The third-order valence-corrected chi connectivity index (χ3v) is 5.10. The second kappa shape index (κ2) is 6.27. The molecule has 1 aliphatic rings. The molecule has 2 amide bonds. The number of rotatable bonds is 2. The lowest BCUT2D eigenvalue weighted by Gasteiger charge is -2.23. The molecule has 1 aliphatic heterocycles. The van der Waals surface area contributed by atoms with Crippen LogP contribution in [0.2, 0.25) is 0 Å². The van der Waals surface area contributed by atoms with Gasteiger partial charge in [0.25, 0.3) is 11.8 Å². The number of aromatic nitrogens is 1. The molecule has 0 bridgehead atoms. The Kier molecular flexibility index (Phi) is 4.38. The van der Waals surface area contributed by atoms with Gasteiger partial charge in [-0.1, -0.05) is 0 Å². The lowest BCUT2D eigenvalue weighted by molar-refractivity contribution is 0.0914. The van der Waals surface area contributed by atoms with Crippen LogP contribution in [0.3, 0.4) is 0 Å². The molecule has 0 aliphatic carbocycles. The summed E-state index contributed by atoms with van der Waals surface area (Å²) in [6, 6.07) is 4.46. The lowest BCUT2D eigenvalue weighted by atomic mass is 9.96. The van der Waals surface area contributed by atoms with E-state index in [-0.39, 0.29) is 23.2 Å². The SMILES string of the molecule is Cc1cc(NC(=O)c2c3c(c(C)n2C)C(=O)NC(C)(C)CC3)ccc1F. The van der Waals surface area contributed by atoms with Crippen molar-refractivity contribution in [3.8, 4) is 0 Å². The van der Waals surface area contributed by atoms with Crippen LogP contribution in [0, 0.1) is 19.7 Å². The second-order valence-corrected chi connectivity index (χ2v) is 7.60. The molecule has 2 N–H and O–H groups in total. The molecule has 1 aromatic carbocycles. The zero-order chi connectivity index (χ0) is 19.2. The fraction of sp³-hybridized carbons (Fsp3) is 0.400.